The van der Waals surface area contributed by atoms with E-state index in [0.717, 1.165) is 72.4 Å². The van der Waals surface area contributed by atoms with Crippen molar-refractivity contribution < 1.29 is 9.59 Å². The SMILES string of the molecule is O=C1C(=O)c2c(cccc2-c2c3nc(c(-c4ccccc4)c4ccc([nH]4)c(-c4ccccc4)c4ccc([nH]4)c(-c4ccccc4)c4nc2C=C4)C=C3)-c2ccccc21. The van der Waals surface area contributed by atoms with Gasteiger partial charge in [-0.15, -0.1) is 0 Å². The van der Waals surface area contributed by atoms with Crippen LogP contribution in [0.4, 0.5) is 0 Å². The molecule has 11 rings (SSSR count). The molecule has 0 atom stereocenters. The number of carbonyl (C=O) groups excluding carboxylic acids is 2. The zero-order valence-electron chi connectivity index (χ0n) is 31.0. The smallest absolute Gasteiger partial charge is 0.234 e. The maximum atomic E-state index is 14.2. The van der Waals surface area contributed by atoms with E-state index < -0.39 is 11.6 Å². The number of ketones is 2. The molecule has 0 saturated carbocycles. The summed E-state index contributed by atoms with van der Waals surface area (Å²) in [4.78, 5) is 46.3. The fourth-order valence-corrected chi connectivity index (χ4v) is 8.60. The van der Waals surface area contributed by atoms with Gasteiger partial charge in [-0.25, -0.2) is 9.97 Å². The van der Waals surface area contributed by atoms with Crippen LogP contribution in [0, 0.1) is 0 Å². The maximum Gasteiger partial charge on any atom is 0.234 e. The average Bonchev–Trinajstić information content (AvgIpc) is 4.12. The number of hydrogen-bond donors (Lipinski definition) is 2. The molecule has 8 bridgehead atoms. The lowest BCUT2D eigenvalue weighted by Gasteiger charge is -2.21. The zero-order valence-corrected chi connectivity index (χ0v) is 31.0. The summed E-state index contributed by atoms with van der Waals surface area (Å²) >= 11 is 0. The van der Waals surface area contributed by atoms with Crippen LogP contribution in [0.15, 0.2) is 158 Å². The molecule has 6 nitrogen and oxygen atoms in total. The van der Waals surface area contributed by atoms with Gasteiger partial charge in [0.25, 0.3) is 0 Å². The van der Waals surface area contributed by atoms with Crippen molar-refractivity contribution in [1.82, 2.24) is 19.9 Å². The number of Topliss-reactive ketones (excluding diaryl/α,β-unsaturated/α-hetero) is 2. The number of carbonyl (C=O) groups is 2. The summed E-state index contributed by atoms with van der Waals surface area (Å²) in [7, 11) is 0. The molecule has 58 heavy (non-hydrogen) atoms. The van der Waals surface area contributed by atoms with Crippen molar-refractivity contribution in [2.24, 2.45) is 0 Å². The van der Waals surface area contributed by atoms with Crippen LogP contribution in [-0.4, -0.2) is 31.5 Å². The van der Waals surface area contributed by atoms with E-state index in [1.54, 1.807) is 12.1 Å². The molecular formula is C52H32N4O2. The molecule has 0 spiro atoms. The highest BCUT2D eigenvalue weighted by atomic mass is 16.2. The minimum atomic E-state index is -0.543. The summed E-state index contributed by atoms with van der Waals surface area (Å²) in [5.41, 5.74) is 15.9. The largest absolute Gasteiger partial charge is 0.354 e. The predicted octanol–water partition coefficient (Wildman–Crippen LogP) is 12.4. The highest BCUT2D eigenvalue weighted by Crippen LogP contribution is 2.43. The molecule has 272 valence electrons. The van der Waals surface area contributed by atoms with E-state index in [9.17, 15) is 9.59 Å². The molecule has 5 heterocycles. The van der Waals surface area contributed by atoms with Crippen molar-refractivity contribution in [2.45, 2.75) is 0 Å². The van der Waals surface area contributed by atoms with Gasteiger partial charge in [0.15, 0.2) is 0 Å². The molecule has 0 radical (unpaired) electrons. The molecule has 2 aliphatic heterocycles. The van der Waals surface area contributed by atoms with Gasteiger partial charge in [0.2, 0.25) is 11.6 Å². The molecule has 3 aromatic heterocycles. The van der Waals surface area contributed by atoms with E-state index in [1.807, 2.05) is 97.1 Å². The number of fused-ring (bicyclic) bond motifs is 11. The Hall–Kier alpha value is -7.96. The van der Waals surface area contributed by atoms with E-state index >= 15 is 0 Å². The first-order chi connectivity index (χ1) is 28.6. The Labute approximate surface area is 333 Å². The summed E-state index contributed by atoms with van der Waals surface area (Å²) in [6, 6.07) is 52.5. The molecule has 8 aromatic rings. The number of H-pyrrole nitrogens is 2. The molecule has 1 aliphatic carbocycles. The van der Waals surface area contributed by atoms with Crippen LogP contribution in [0.3, 0.4) is 0 Å². The van der Waals surface area contributed by atoms with E-state index in [-0.39, 0.29) is 0 Å². The standard InChI is InChI=1S/C52H32N4O2/c57-51-36-20-11-10-19-34(36)35-21-12-22-37(49(35)52(51)58)50-44-29-27-42(55-44)47(32-15-6-2-7-16-32)40-25-23-38(53-40)46(31-13-4-1-5-14-31)39-24-26-41(54-39)48(33-17-8-3-9-18-33)43-28-30-45(50)56-43/h1-30,53-54H. The van der Waals surface area contributed by atoms with Gasteiger partial charge in [-0.1, -0.05) is 133 Å². The lowest BCUT2D eigenvalue weighted by atomic mass is 9.80. The van der Waals surface area contributed by atoms with Crippen LogP contribution in [0.5, 0.6) is 0 Å². The molecule has 6 heteroatoms. The van der Waals surface area contributed by atoms with Crippen LogP contribution < -0.4 is 0 Å². The third-order valence-electron chi connectivity index (χ3n) is 11.2. The van der Waals surface area contributed by atoms with E-state index in [0.29, 0.717) is 39.2 Å². The molecular weight excluding hydrogens is 713 g/mol. The second-order valence-electron chi connectivity index (χ2n) is 14.5. The van der Waals surface area contributed by atoms with Crippen LogP contribution in [0.1, 0.15) is 43.5 Å². The van der Waals surface area contributed by atoms with Gasteiger partial charge < -0.3 is 9.97 Å². The summed E-state index contributed by atoms with van der Waals surface area (Å²) in [5, 5.41) is 0. The lowest BCUT2D eigenvalue weighted by molar-refractivity contribution is 0.0815. The first kappa shape index (κ1) is 33.4. The minimum Gasteiger partial charge on any atom is -0.354 e. The van der Waals surface area contributed by atoms with Gasteiger partial charge in [0.05, 0.1) is 22.8 Å². The fourth-order valence-electron chi connectivity index (χ4n) is 8.60. The molecule has 2 N–H and O–H groups in total. The van der Waals surface area contributed by atoms with Gasteiger partial charge in [-0.3, -0.25) is 9.59 Å². The number of benzene rings is 5. The summed E-state index contributed by atoms with van der Waals surface area (Å²) in [6.45, 7) is 0. The molecule has 3 aliphatic rings. The lowest BCUT2D eigenvalue weighted by Crippen LogP contribution is -2.22. The van der Waals surface area contributed by atoms with E-state index in [4.69, 9.17) is 9.97 Å². The third kappa shape index (κ3) is 5.34. The van der Waals surface area contributed by atoms with E-state index in [1.165, 1.54) is 0 Å². The Kier molecular flexibility index (Phi) is 7.69. The number of aromatic amines is 2. The summed E-state index contributed by atoms with van der Waals surface area (Å²) in [5.74, 6) is -1.06. The Morgan fingerprint density at radius 2 is 0.672 bits per heavy atom. The topological polar surface area (TPSA) is 91.5 Å². The van der Waals surface area contributed by atoms with Crippen molar-refractivity contribution >= 4 is 57.9 Å². The quantitative estimate of drug-likeness (QED) is 0.176. The fraction of sp³-hybridized carbons (Fsp3) is 0. The van der Waals surface area contributed by atoms with Gasteiger partial charge >= 0.3 is 0 Å². The molecule has 0 fully saturated rings. The van der Waals surface area contributed by atoms with E-state index in [2.05, 4.69) is 82.8 Å². The van der Waals surface area contributed by atoms with Crippen molar-refractivity contribution in [3.05, 3.63) is 192 Å². The summed E-state index contributed by atoms with van der Waals surface area (Å²) < 4.78 is 0. The Morgan fingerprint density at radius 3 is 1.17 bits per heavy atom. The predicted molar refractivity (Wildman–Crippen MR) is 235 cm³/mol. The maximum absolute atomic E-state index is 14.2. The number of nitrogens with zero attached hydrogens (tertiary/aromatic N) is 2. The van der Waals surface area contributed by atoms with Gasteiger partial charge in [0.1, 0.15) is 0 Å². The zero-order chi connectivity index (χ0) is 38.7. The number of rotatable bonds is 4. The normalized spacial score (nSPS) is 12.8. The van der Waals surface area contributed by atoms with Gasteiger partial charge in [-0.05, 0) is 82.0 Å². The number of nitrogens with one attached hydrogen (secondary N) is 2. The Balaban J connectivity index is 1.32. The monoisotopic (exact) mass is 744 g/mol. The molecule has 0 amide bonds. The third-order valence-corrected chi connectivity index (χ3v) is 11.2. The Morgan fingerprint density at radius 1 is 0.293 bits per heavy atom. The number of hydrogen-bond acceptors (Lipinski definition) is 4. The highest BCUT2D eigenvalue weighted by Gasteiger charge is 2.34. The van der Waals surface area contributed by atoms with Gasteiger partial charge in [-0.2, -0.15) is 0 Å². The van der Waals surface area contributed by atoms with Crippen molar-refractivity contribution in [1.29, 1.82) is 0 Å². The van der Waals surface area contributed by atoms with Crippen LogP contribution in [0.2, 0.25) is 0 Å². The van der Waals surface area contributed by atoms with Crippen LogP contribution >= 0.6 is 0 Å². The summed E-state index contributed by atoms with van der Waals surface area (Å²) in [6.07, 6.45) is 8.04. The molecule has 0 saturated heterocycles. The average molecular weight is 745 g/mol. The molecule has 0 unspecified atom stereocenters. The van der Waals surface area contributed by atoms with Crippen molar-refractivity contribution in [2.75, 3.05) is 0 Å². The second kappa shape index (κ2) is 13.4. The highest BCUT2D eigenvalue weighted by molar-refractivity contribution is 6.54. The first-order valence-electron chi connectivity index (χ1n) is 19.2. The van der Waals surface area contributed by atoms with Crippen LogP contribution in [0.25, 0.3) is 102 Å². The second-order valence-corrected chi connectivity index (χ2v) is 14.5. The minimum absolute atomic E-state index is 0.358. The Bertz CT molecular complexity index is 3110. The first-order valence-corrected chi connectivity index (χ1v) is 19.2. The van der Waals surface area contributed by atoms with Crippen LogP contribution in [-0.2, 0) is 0 Å². The van der Waals surface area contributed by atoms with Gasteiger partial charge in [0, 0.05) is 55.4 Å². The van der Waals surface area contributed by atoms with Crippen molar-refractivity contribution in [3.8, 4) is 55.6 Å². The molecule has 5 aromatic carbocycles. The number of aromatic nitrogens is 4. The van der Waals surface area contributed by atoms with Crippen molar-refractivity contribution in [3.63, 3.8) is 0 Å².